The van der Waals surface area contributed by atoms with Gasteiger partial charge in [-0.1, -0.05) is 0 Å². The highest BCUT2D eigenvalue weighted by molar-refractivity contribution is 5.84. The Labute approximate surface area is 59.2 Å². The van der Waals surface area contributed by atoms with E-state index in [2.05, 4.69) is 5.32 Å². The summed E-state index contributed by atoms with van der Waals surface area (Å²) in [5.41, 5.74) is 0. The summed E-state index contributed by atoms with van der Waals surface area (Å²) in [6, 6.07) is 0. The van der Waals surface area contributed by atoms with Crippen LogP contribution < -0.4 is 5.32 Å². The molecular weight excluding hydrogens is 134 g/mol. The highest BCUT2D eigenvalue weighted by atomic mass is 16.5. The first-order valence-corrected chi connectivity index (χ1v) is 3.30. The van der Waals surface area contributed by atoms with Crippen LogP contribution in [0.15, 0.2) is 0 Å². The Morgan fingerprint density at radius 2 is 2.60 bits per heavy atom. The van der Waals surface area contributed by atoms with Gasteiger partial charge in [0.15, 0.2) is 5.78 Å². The maximum Gasteiger partial charge on any atom is 0.188 e. The van der Waals surface area contributed by atoms with Gasteiger partial charge in [0.1, 0.15) is 12.7 Å². The van der Waals surface area contributed by atoms with Crippen LogP contribution in [0.2, 0.25) is 0 Å². The molecule has 0 saturated carbocycles. The minimum Gasteiger partial charge on any atom is -0.388 e. The average Bonchev–Trinajstić information content (AvgIpc) is 2.05. The molecule has 0 aromatic carbocycles. The van der Waals surface area contributed by atoms with Gasteiger partial charge in [0.05, 0.1) is 6.61 Å². The first kappa shape index (κ1) is 7.65. The molecule has 0 aromatic rings. The summed E-state index contributed by atoms with van der Waals surface area (Å²) >= 11 is 0. The molecule has 58 valence electrons. The van der Waals surface area contributed by atoms with Gasteiger partial charge in [-0.3, -0.25) is 4.79 Å². The molecule has 1 unspecified atom stereocenters. The van der Waals surface area contributed by atoms with Crippen molar-refractivity contribution in [2.75, 3.05) is 26.3 Å². The Kier molecular flexibility index (Phi) is 2.80. The van der Waals surface area contributed by atoms with Crippen molar-refractivity contribution in [3.8, 4) is 0 Å². The molecule has 0 bridgehead atoms. The predicted octanol–water partition coefficient (Wildman–Crippen LogP) is -1.46. The number of aliphatic hydroxyl groups excluding tert-OH is 1. The Morgan fingerprint density at radius 3 is 3.10 bits per heavy atom. The number of Topliss-reactive ketones (excluding diaryl/α,β-unsaturated/α-hetero) is 1. The lowest BCUT2D eigenvalue weighted by Gasteiger charge is -2.21. The lowest BCUT2D eigenvalue weighted by Crippen LogP contribution is -2.44. The van der Waals surface area contributed by atoms with Crippen LogP contribution in [0.25, 0.3) is 0 Å². The lowest BCUT2D eigenvalue weighted by molar-refractivity contribution is -0.134. The lowest BCUT2D eigenvalue weighted by atomic mass is 10.2. The zero-order valence-electron chi connectivity index (χ0n) is 5.67. The summed E-state index contributed by atoms with van der Waals surface area (Å²) < 4.78 is 5.06. The molecule has 10 heavy (non-hydrogen) atoms. The molecule has 0 aromatic heterocycles. The van der Waals surface area contributed by atoms with Gasteiger partial charge in [0, 0.05) is 13.1 Å². The van der Waals surface area contributed by atoms with Gasteiger partial charge in [-0.25, -0.2) is 0 Å². The molecule has 0 amide bonds. The maximum atomic E-state index is 10.8. The highest BCUT2D eigenvalue weighted by Crippen LogP contribution is 1.96. The van der Waals surface area contributed by atoms with E-state index in [9.17, 15) is 4.79 Å². The van der Waals surface area contributed by atoms with Crippen LogP contribution in [0.3, 0.4) is 0 Å². The van der Waals surface area contributed by atoms with Crippen molar-refractivity contribution in [1.82, 2.24) is 5.32 Å². The van der Waals surface area contributed by atoms with Gasteiger partial charge in [-0.2, -0.15) is 0 Å². The number of ether oxygens (including phenoxy) is 1. The highest BCUT2D eigenvalue weighted by Gasteiger charge is 2.19. The molecule has 1 atom stereocenters. The van der Waals surface area contributed by atoms with Crippen LogP contribution in [-0.2, 0) is 9.53 Å². The number of morpholine rings is 1. The molecule has 4 nitrogen and oxygen atoms in total. The van der Waals surface area contributed by atoms with E-state index in [-0.39, 0.29) is 5.78 Å². The summed E-state index contributed by atoms with van der Waals surface area (Å²) in [5, 5.41) is 11.4. The smallest absolute Gasteiger partial charge is 0.188 e. The number of carbonyl (C=O) groups excluding carboxylic acids is 1. The normalized spacial score (nSPS) is 26.3. The van der Waals surface area contributed by atoms with Crippen LogP contribution in [0.1, 0.15) is 0 Å². The molecule has 1 rings (SSSR count). The van der Waals surface area contributed by atoms with E-state index in [4.69, 9.17) is 9.84 Å². The Hall–Kier alpha value is -0.450. The number of hydrogen-bond acceptors (Lipinski definition) is 4. The fraction of sp³-hybridized carbons (Fsp3) is 0.833. The molecule has 2 N–H and O–H groups in total. The molecular formula is C6H11NO3. The van der Waals surface area contributed by atoms with E-state index in [0.717, 1.165) is 6.54 Å². The topological polar surface area (TPSA) is 58.6 Å². The first-order chi connectivity index (χ1) is 4.84. The molecule has 1 aliphatic rings. The number of nitrogens with one attached hydrogen (secondary N) is 1. The largest absolute Gasteiger partial charge is 0.388 e. The summed E-state index contributed by atoms with van der Waals surface area (Å²) in [7, 11) is 0. The minimum atomic E-state index is -0.432. The second-order valence-electron chi connectivity index (χ2n) is 2.19. The Bertz CT molecular complexity index is 120. The third-order valence-corrected chi connectivity index (χ3v) is 1.44. The van der Waals surface area contributed by atoms with Gasteiger partial charge in [-0.15, -0.1) is 0 Å². The zero-order chi connectivity index (χ0) is 7.40. The number of hydrogen-bond donors (Lipinski definition) is 2. The maximum absolute atomic E-state index is 10.8. The van der Waals surface area contributed by atoms with Crippen LogP contribution in [0.4, 0.5) is 0 Å². The van der Waals surface area contributed by atoms with Gasteiger partial charge in [0.2, 0.25) is 0 Å². The number of rotatable bonds is 2. The molecule has 0 aliphatic carbocycles. The van der Waals surface area contributed by atoms with E-state index < -0.39 is 12.7 Å². The van der Waals surface area contributed by atoms with E-state index >= 15 is 0 Å². The van der Waals surface area contributed by atoms with E-state index in [1.165, 1.54) is 0 Å². The minimum absolute atomic E-state index is 0.243. The Morgan fingerprint density at radius 1 is 1.80 bits per heavy atom. The van der Waals surface area contributed by atoms with Gasteiger partial charge >= 0.3 is 0 Å². The van der Waals surface area contributed by atoms with Crippen molar-refractivity contribution >= 4 is 5.78 Å². The van der Waals surface area contributed by atoms with Gasteiger partial charge in [-0.05, 0) is 0 Å². The third-order valence-electron chi connectivity index (χ3n) is 1.44. The average molecular weight is 145 g/mol. The van der Waals surface area contributed by atoms with E-state index in [1.54, 1.807) is 0 Å². The van der Waals surface area contributed by atoms with Crippen LogP contribution in [0.5, 0.6) is 0 Å². The second-order valence-corrected chi connectivity index (χ2v) is 2.19. The summed E-state index contributed by atoms with van der Waals surface area (Å²) in [6.45, 7) is 1.44. The van der Waals surface area contributed by atoms with E-state index in [0.29, 0.717) is 13.2 Å². The fourth-order valence-electron chi connectivity index (χ4n) is 0.874. The SMILES string of the molecule is O=C(CO)C1CNCCO1. The summed E-state index contributed by atoms with van der Waals surface area (Å²) in [4.78, 5) is 10.8. The standard InChI is InChI=1S/C6H11NO3/c8-4-5(9)6-3-7-1-2-10-6/h6-8H,1-4H2. The second kappa shape index (κ2) is 3.65. The summed E-state index contributed by atoms with van der Waals surface area (Å²) in [6.07, 6.45) is -0.432. The van der Waals surface area contributed by atoms with Crippen molar-refractivity contribution in [2.45, 2.75) is 6.10 Å². The molecule has 1 aliphatic heterocycles. The molecule has 1 fully saturated rings. The number of ketones is 1. The number of aliphatic hydroxyl groups is 1. The molecule has 1 saturated heterocycles. The van der Waals surface area contributed by atoms with Crippen LogP contribution in [-0.4, -0.2) is 43.3 Å². The van der Waals surface area contributed by atoms with Crippen molar-refractivity contribution < 1.29 is 14.6 Å². The summed E-state index contributed by atoms with van der Waals surface area (Å²) in [5.74, 6) is -0.243. The quantitative estimate of drug-likeness (QED) is 0.498. The van der Waals surface area contributed by atoms with Gasteiger partial charge in [0.25, 0.3) is 0 Å². The van der Waals surface area contributed by atoms with Crippen molar-refractivity contribution in [3.63, 3.8) is 0 Å². The first-order valence-electron chi connectivity index (χ1n) is 3.30. The molecule has 0 radical (unpaired) electrons. The van der Waals surface area contributed by atoms with E-state index in [1.807, 2.05) is 0 Å². The van der Waals surface area contributed by atoms with Crippen molar-refractivity contribution in [1.29, 1.82) is 0 Å². The van der Waals surface area contributed by atoms with Crippen LogP contribution >= 0.6 is 0 Å². The number of carbonyl (C=O) groups is 1. The predicted molar refractivity (Wildman–Crippen MR) is 34.7 cm³/mol. The van der Waals surface area contributed by atoms with Crippen LogP contribution in [0, 0.1) is 0 Å². The fourth-order valence-corrected chi connectivity index (χ4v) is 0.874. The third kappa shape index (κ3) is 1.76. The molecule has 0 spiro atoms. The van der Waals surface area contributed by atoms with Gasteiger partial charge < -0.3 is 15.2 Å². The monoisotopic (exact) mass is 145 g/mol. The molecule has 1 heterocycles. The molecule has 4 heteroatoms. The van der Waals surface area contributed by atoms with Crippen molar-refractivity contribution in [2.24, 2.45) is 0 Å². The van der Waals surface area contributed by atoms with Crippen molar-refractivity contribution in [3.05, 3.63) is 0 Å². The zero-order valence-corrected chi connectivity index (χ0v) is 5.67. The Balaban J connectivity index is 2.31.